The van der Waals surface area contributed by atoms with Crippen LogP contribution in [0.15, 0.2) is 24.3 Å². The van der Waals surface area contributed by atoms with Gasteiger partial charge in [0, 0.05) is 39.2 Å². The van der Waals surface area contributed by atoms with Gasteiger partial charge >= 0.3 is 12.2 Å². The third-order valence-electron chi connectivity index (χ3n) is 3.98. The Morgan fingerprint density at radius 2 is 1.77 bits per heavy atom. The van der Waals surface area contributed by atoms with Crippen molar-refractivity contribution in [2.45, 2.75) is 26.4 Å². The number of benzene rings is 1. The van der Waals surface area contributed by atoms with Crippen molar-refractivity contribution in [2.75, 3.05) is 32.5 Å². The van der Waals surface area contributed by atoms with Gasteiger partial charge in [-0.2, -0.15) is 13.2 Å². The molecule has 2 aromatic rings. The lowest BCUT2D eigenvalue weighted by Gasteiger charge is -2.27. The van der Waals surface area contributed by atoms with Gasteiger partial charge in [0.1, 0.15) is 5.01 Å². The van der Waals surface area contributed by atoms with E-state index in [1.165, 1.54) is 17.0 Å². The van der Waals surface area contributed by atoms with Crippen LogP contribution in [0.4, 0.5) is 23.1 Å². The van der Waals surface area contributed by atoms with Gasteiger partial charge < -0.3 is 15.1 Å². The zero-order valence-electron chi connectivity index (χ0n) is 17.2. The second-order valence-corrected chi connectivity index (χ2v) is 8.28. The smallest absolute Gasteiger partial charge is 0.331 e. The average Bonchev–Trinajstić information content (AvgIpc) is 3.12. The second-order valence-electron chi connectivity index (χ2n) is 7.30. The third kappa shape index (κ3) is 6.68. The van der Waals surface area contributed by atoms with Crippen molar-refractivity contribution in [3.63, 3.8) is 0 Å². The molecule has 0 saturated heterocycles. The number of nitrogens with one attached hydrogen (secondary N) is 1. The zero-order chi connectivity index (χ0) is 22.5. The monoisotopic (exact) mass is 443 g/mol. The lowest BCUT2D eigenvalue weighted by Crippen LogP contribution is -2.42. The first-order chi connectivity index (χ1) is 14.0. The minimum Gasteiger partial charge on any atom is -0.331 e. The van der Waals surface area contributed by atoms with Crippen LogP contribution < -0.4 is 5.32 Å². The van der Waals surface area contributed by atoms with Crippen LogP contribution in [0.5, 0.6) is 0 Å². The lowest BCUT2D eigenvalue weighted by atomic mass is 10.1. The minimum atomic E-state index is -4.41. The molecule has 0 aliphatic carbocycles. The predicted molar refractivity (Wildman–Crippen MR) is 109 cm³/mol. The minimum absolute atomic E-state index is 0.0848. The first-order valence-corrected chi connectivity index (χ1v) is 10.1. The Balaban J connectivity index is 1.96. The normalized spacial score (nSPS) is 11.5. The molecule has 0 spiro atoms. The summed E-state index contributed by atoms with van der Waals surface area (Å²) in [6.07, 6.45) is -4.32. The number of hydrogen-bond acceptors (Lipinski definition) is 5. The van der Waals surface area contributed by atoms with Crippen LogP contribution in [0.25, 0.3) is 10.6 Å². The maximum absolute atomic E-state index is 12.7. The molecule has 3 amide bonds. The summed E-state index contributed by atoms with van der Waals surface area (Å²) in [5.74, 6) is -0.0724. The molecule has 0 unspecified atom stereocenters. The standard InChI is InChI=1S/C19H24F3N5O2S/c1-12(2)11-27(18(29)26(3)4)10-9-15(28)23-17-25-24-16(30-17)13-5-7-14(8-6-13)19(20,21)22/h5-8,12H,9-11H2,1-4H3,(H,23,25,28). The lowest BCUT2D eigenvalue weighted by molar-refractivity contribution is -0.137. The molecule has 0 bridgehead atoms. The van der Waals surface area contributed by atoms with Crippen molar-refractivity contribution >= 4 is 28.4 Å². The summed E-state index contributed by atoms with van der Waals surface area (Å²) in [6, 6.07) is 4.40. The molecule has 1 N–H and O–H groups in total. The van der Waals surface area contributed by atoms with E-state index < -0.39 is 11.7 Å². The zero-order valence-corrected chi connectivity index (χ0v) is 18.0. The van der Waals surface area contributed by atoms with Gasteiger partial charge in [-0.1, -0.05) is 37.3 Å². The average molecular weight is 443 g/mol. The maximum atomic E-state index is 12.7. The number of anilines is 1. The van der Waals surface area contributed by atoms with Gasteiger partial charge in [0.05, 0.1) is 5.56 Å². The summed E-state index contributed by atoms with van der Waals surface area (Å²) in [6.45, 7) is 4.76. The van der Waals surface area contributed by atoms with Crippen molar-refractivity contribution in [3.05, 3.63) is 29.8 Å². The Hall–Kier alpha value is -2.69. The van der Waals surface area contributed by atoms with E-state index in [1.54, 1.807) is 19.0 Å². The van der Waals surface area contributed by atoms with E-state index in [4.69, 9.17) is 0 Å². The fourth-order valence-electron chi connectivity index (χ4n) is 2.60. The topological polar surface area (TPSA) is 78.4 Å². The Bertz CT molecular complexity index is 866. The van der Waals surface area contributed by atoms with Crippen molar-refractivity contribution in [1.82, 2.24) is 20.0 Å². The van der Waals surface area contributed by atoms with E-state index >= 15 is 0 Å². The molecule has 7 nitrogen and oxygen atoms in total. The van der Waals surface area contributed by atoms with E-state index in [0.717, 1.165) is 23.5 Å². The van der Waals surface area contributed by atoms with Gasteiger partial charge in [-0.25, -0.2) is 4.79 Å². The van der Waals surface area contributed by atoms with Gasteiger partial charge in [0.25, 0.3) is 0 Å². The van der Waals surface area contributed by atoms with E-state index in [-0.39, 0.29) is 36.0 Å². The molecule has 0 aliphatic rings. The fourth-order valence-corrected chi connectivity index (χ4v) is 3.36. The van der Waals surface area contributed by atoms with E-state index in [9.17, 15) is 22.8 Å². The summed E-state index contributed by atoms with van der Waals surface area (Å²) in [7, 11) is 3.31. The number of halogens is 3. The molecule has 11 heteroatoms. The highest BCUT2D eigenvalue weighted by molar-refractivity contribution is 7.18. The summed E-state index contributed by atoms with van der Waals surface area (Å²) in [4.78, 5) is 27.5. The van der Waals surface area contributed by atoms with E-state index in [0.29, 0.717) is 17.1 Å². The van der Waals surface area contributed by atoms with Gasteiger partial charge in [-0.05, 0) is 18.1 Å². The first-order valence-electron chi connectivity index (χ1n) is 9.24. The van der Waals surface area contributed by atoms with Crippen LogP contribution >= 0.6 is 11.3 Å². The predicted octanol–water partition coefficient (Wildman–Crippen LogP) is 4.19. The molecular weight excluding hydrogens is 419 g/mol. The molecule has 1 heterocycles. The molecule has 0 aliphatic heterocycles. The van der Waals surface area contributed by atoms with Crippen LogP contribution in [-0.4, -0.2) is 59.1 Å². The molecule has 2 rings (SSSR count). The molecule has 1 aromatic heterocycles. The van der Waals surface area contributed by atoms with Crippen LogP contribution in [0.2, 0.25) is 0 Å². The summed E-state index contributed by atoms with van der Waals surface area (Å²) < 4.78 is 38.0. The highest BCUT2D eigenvalue weighted by Crippen LogP contribution is 2.32. The van der Waals surface area contributed by atoms with Gasteiger partial charge in [0.2, 0.25) is 11.0 Å². The Morgan fingerprint density at radius 3 is 2.30 bits per heavy atom. The number of amides is 3. The molecule has 0 radical (unpaired) electrons. The molecule has 164 valence electrons. The molecular formula is C19H24F3N5O2S. The largest absolute Gasteiger partial charge is 0.416 e. The molecule has 0 fully saturated rings. The van der Waals surface area contributed by atoms with Crippen LogP contribution in [0.3, 0.4) is 0 Å². The number of carbonyl (C=O) groups is 2. The third-order valence-corrected chi connectivity index (χ3v) is 4.87. The number of aromatic nitrogens is 2. The van der Waals surface area contributed by atoms with Crippen LogP contribution in [0.1, 0.15) is 25.8 Å². The Labute approximate surface area is 176 Å². The van der Waals surface area contributed by atoms with Gasteiger partial charge in [0.15, 0.2) is 0 Å². The van der Waals surface area contributed by atoms with Crippen LogP contribution in [0, 0.1) is 5.92 Å². The fraction of sp³-hybridized carbons (Fsp3) is 0.474. The van der Waals surface area contributed by atoms with Crippen molar-refractivity contribution in [3.8, 4) is 10.6 Å². The highest BCUT2D eigenvalue weighted by atomic mass is 32.1. The Morgan fingerprint density at radius 1 is 1.13 bits per heavy atom. The molecule has 1 aromatic carbocycles. The summed E-state index contributed by atoms with van der Waals surface area (Å²) >= 11 is 1.06. The van der Waals surface area contributed by atoms with Crippen molar-refractivity contribution < 1.29 is 22.8 Å². The maximum Gasteiger partial charge on any atom is 0.416 e. The molecule has 0 atom stereocenters. The number of hydrogen-bond donors (Lipinski definition) is 1. The second kappa shape index (κ2) is 9.88. The Kier molecular flexibility index (Phi) is 7.77. The van der Waals surface area contributed by atoms with Crippen molar-refractivity contribution in [2.24, 2.45) is 5.92 Å². The number of rotatable bonds is 7. The first kappa shape index (κ1) is 23.6. The molecule has 30 heavy (non-hydrogen) atoms. The van der Waals surface area contributed by atoms with E-state index in [2.05, 4.69) is 15.5 Å². The summed E-state index contributed by atoms with van der Waals surface area (Å²) in [5, 5.41) is 11.0. The van der Waals surface area contributed by atoms with Gasteiger partial charge in [-0.3, -0.25) is 4.79 Å². The SMILES string of the molecule is CC(C)CN(CCC(=O)Nc1nnc(-c2ccc(C(F)(F)F)cc2)s1)C(=O)N(C)C. The number of alkyl halides is 3. The summed E-state index contributed by atoms with van der Waals surface area (Å²) in [5.41, 5.74) is -0.275. The van der Waals surface area contributed by atoms with Crippen molar-refractivity contribution in [1.29, 1.82) is 0 Å². The quantitative estimate of drug-likeness (QED) is 0.696. The highest BCUT2D eigenvalue weighted by Gasteiger charge is 2.30. The molecule has 0 saturated carbocycles. The number of nitrogens with zero attached hydrogens (tertiary/aromatic N) is 4. The van der Waals surface area contributed by atoms with Crippen LogP contribution in [-0.2, 0) is 11.0 Å². The van der Waals surface area contributed by atoms with E-state index in [1.807, 2.05) is 13.8 Å². The number of urea groups is 1. The van der Waals surface area contributed by atoms with Gasteiger partial charge in [-0.15, -0.1) is 10.2 Å². The number of carbonyl (C=O) groups excluding carboxylic acids is 2.